The molecular weight excluding hydrogens is 230 g/mol. The smallest absolute Gasteiger partial charge is 0.186 e. The highest BCUT2D eigenvalue weighted by Crippen LogP contribution is 2.22. The molecule has 1 rings (SSSR count). The Morgan fingerprint density at radius 3 is 2.13 bits per heavy atom. The van der Waals surface area contributed by atoms with Gasteiger partial charge in [-0.1, -0.05) is 0 Å². The minimum absolute atomic E-state index is 0. The molecule has 6 N–H and O–H groups in total. The lowest BCUT2D eigenvalue weighted by molar-refractivity contribution is -0.303. The van der Waals surface area contributed by atoms with E-state index in [1.807, 2.05) is 0 Å². The fourth-order valence-corrected chi connectivity index (χ4v) is 1.35. The highest BCUT2D eigenvalue weighted by molar-refractivity contribution is 5.85. The van der Waals surface area contributed by atoms with Crippen LogP contribution in [-0.2, 0) is 9.47 Å². The van der Waals surface area contributed by atoms with Crippen molar-refractivity contribution >= 4 is 12.4 Å². The van der Waals surface area contributed by atoms with Gasteiger partial charge in [-0.2, -0.15) is 0 Å². The fourth-order valence-electron chi connectivity index (χ4n) is 1.35. The number of hydrogen-bond acceptors (Lipinski definition) is 7. The standard InChI is InChI=1S/C7H15NO6.ClH/c1-13-7-4(11)2(9)3(10)5(14-7)6(8)12;/h2-7,9-12H,8H2,1H3;1H/t2-,3+,4+,5-,6?,7?;/m0./s1. The van der Waals surface area contributed by atoms with Crippen molar-refractivity contribution < 1.29 is 29.9 Å². The van der Waals surface area contributed by atoms with Crippen LogP contribution >= 0.6 is 12.4 Å². The normalized spacial score (nSPS) is 43.2. The van der Waals surface area contributed by atoms with Gasteiger partial charge in [0, 0.05) is 7.11 Å². The molecular formula is C7H16ClNO6. The van der Waals surface area contributed by atoms with Gasteiger partial charge in [0.15, 0.2) is 6.29 Å². The molecule has 1 saturated heterocycles. The fraction of sp³-hybridized carbons (Fsp3) is 1.00. The molecule has 7 nitrogen and oxygen atoms in total. The highest BCUT2D eigenvalue weighted by Gasteiger charge is 2.45. The summed E-state index contributed by atoms with van der Waals surface area (Å²) in [5, 5.41) is 37.0. The first-order valence-electron chi connectivity index (χ1n) is 4.15. The second-order valence-electron chi connectivity index (χ2n) is 3.17. The van der Waals surface area contributed by atoms with E-state index >= 15 is 0 Å². The number of methoxy groups -OCH3 is 1. The number of nitrogens with two attached hydrogens (primary N) is 1. The monoisotopic (exact) mass is 245 g/mol. The van der Waals surface area contributed by atoms with Crippen molar-refractivity contribution in [2.45, 2.75) is 36.9 Å². The molecule has 1 heterocycles. The summed E-state index contributed by atoms with van der Waals surface area (Å²) in [7, 11) is 1.26. The van der Waals surface area contributed by atoms with Crippen molar-refractivity contribution in [1.29, 1.82) is 0 Å². The SMILES string of the molecule is COC1O[C@H](C(N)O)[C@H](O)[C@H](O)[C@H]1O.Cl. The molecule has 6 atom stereocenters. The van der Waals surface area contributed by atoms with E-state index in [0.29, 0.717) is 0 Å². The maximum absolute atomic E-state index is 9.36. The molecule has 0 aliphatic carbocycles. The average molecular weight is 246 g/mol. The quantitative estimate of drug-likeness (QED) is 0.331. The number of aliphatic hydroxyl groups excluding tert-OH is 4. The van der Waals surface area contributed by atoms with Crippen LogP contribution in [0.1, 0.15) is 0 Å². The average Bonchev–Trinajstić information content (AvgIpc) is 2.14. The van der Waals surface area contributed by atoms with Crippen molar-refractivity contribution in [3.05, 3.63) is 0 Å². The van der Waals surface area contributed by atoms with E-state index in [0.717, 1.165) is 0 Å². The van der Waals surface area contributed by atoms with Gasteiger partial charge in [-0.3, -0.25) is 0 Å². The Bertz CT molecular complexity index is 192. The first-order chi connectivity index (χ1) is 6.49. The summed E-state index contributed by atoms with van der Waals surface area (Å²) in [5.74, 6) is 0. The molecule has 0 aromatic rings. The van der Waals surface area contributed by atoms with Gasteiger partial charge < -0.3 is 35.6 Å². The summed E-state index contributed by atoms with van der Waals surface area (Å²) >= 11 is 0. The van der Waals surface area contributed by atoms with E-state index in [1.54, 1.807) is 0 Å². The molecule has 92 valence electrons. The van der Waals surface area contributed by atoms with Crippen LogP contribution in [0, 0.1) is 0 Å². The predicted molar refractivity (Wildman–Crippen MR) is 51.1 cm³/mol. The molecule has 0 saturated carbocycles. The van der Waals surface area contributed by atoms with E-state index in [1.165, 1.54) is 7.11 Å². The van der Waals surface area contributed by atoms with Gasteiger partial charge in [0.2, 0.25) is 0 Å². The van der Waals surface area contributed by atoms with Crippen LogP contribution in [0.5, 0.6) is 0 Å². The number of halogens is 1. The lowest BCUT2D eigenvalue weighted by Gasteiger charge is -2.40. The number of aliphatic hydroxyl groups is 4. The second kappa shape index (κ2) is 5.92. The zero-order valence-corrected chi connectivity index (χ0v) is 8.87. The second-order valence-corrected chi connectivity index (χ2v) is 3.17. The molecule has 0 amide bonds. The molecule has 0 aromatic heterocycles. The Balaban J connectivity index is 0.00000196. The molecule has 1 aliphatic heterocycles. The number of ether oxygens (including phenoxy) is 2. The first kappa shape index (κ1) is 15.0. The maximum atomic E-state index is 9.36. The van der Waals surface area contributed by atoms with Gasteiger partial charge >= 0.3 is 0 Å². The van der Waals surface area contributed by atoms with Crippen LogP contribution in [0.25, 0.3) is 0 Å². The van der Waals surface area contributed by atoms with E-state index in [-0.39, 0.29) is 12.4 Å². The Kier molecular flexibility index (Phi) is 5.93. The molecule has 15 heavy (non-hydrogen) atoms. The van der Waals surface area contributed by atoms with Crippen molar-refractivity contribution in [3.63, 3.8) is 0 Å². The Hall–Kier alpha value is 0.01000. The van der Waals surface area contributed by atoms with Crippen LogP contribution in [0.2, 0.25) is 0 Å². The van der Waals surface area contributed by atoms with Gasteiger partial charge in [-0.25, -0.2) is 0 Å². The summed E-state index contributed by atoms with van der Waals surface area (Å²) in [4.78, 5) is 0. The summed E-state index contributed by atoms with van der Waals surface area (Å²) in [6.45, 7) is 0. The third-order valence-corrected chi connectivity index (χ3v) is 2.18. The largest absolute Gasteiger partial charge is 0.387 e. The Morgan fingerprint density at radius 1 is 1.20 bits per heavy atom. The van der Waals surface area contributed by atoms with Crippen LogP contribution in [-0.4, -0.2) is 64.5 Å². The van der Waals surface area contributed by atoms with Crippen molar-refractivity contribution in [1.82, 2.24) is 0 Å². The van der Waals surface area contributed by atoms with Gasteiger partial charge in [0.05, 0.1) is 0 Å². The topological polar surface area (TPSA) is 125 Å². The molecule has 0 aromatic carbocycles. The molecule has 0 spiro atoms. The lowest BCUT2D eigenvalue weighted by atomic mass is 9.98. The summed E-state index contributed by atoms with van der Waals surface area (Å²) in [6, 6.07) is 0. The first-order valence-corrected chi connectivity index (χ1v) is 4.15. The third kappa shape index (κ3) is 2.99. The van der Waals surface area contributed by atoms with Crippen LogP contribution in [0.3, 0.4) is 0 Å². The lowest BCUT2D eigenvalue weighted by Crippen LogP contribution is -2.62. The van der Waals surface area contributed by atoms with Gasteiger partial charge in [0.25, 0.3) is 0 Å². The maximum Gasteiger partial charge on any atom is 0.186 e. The zero-order valence-electron chi connectivity index (χ0n) is 8.06. The summed E-state index contributed by atoms with van der Waals surface area (Å²) in [6.07, 6.45) is -8.03. The minimum Gasteiger partial charge on any atom is -0.387 e. The van der Waals surface area contributed by atoms with Gasteiger partial charge in [-0.15, -0.1) is 12.4 Å². The summed E-state index contributed by atoms with van der Waals surface area (Å²) < 4.78 is 9.63. The van der Waals surface area contributed by atoms with E-state index < -0.39 is 36.9 Å². The van der Waals surface area contributed by atoms with Crippen LogP contribution in [0.4, 0.5) is 0 Å². The number of hydrogen-bond donors (Lipinski definition) is 5. The van der Waals surface area contributed by atoms with Crippen molar-refractivity contribution in [2.75, 3.05) is 7.11 Å². The van der Waals surface area contributed by atoms with Gasteiger partial charge in [0.1, 0.15) is 30.6 Å². The van der Waals surface area contributed by atoms with E-state index in [4.69, 9.17) is 20.3 Å². The zero-order chi connectivity index (χ0) is 10.9. The molecule has 0 bridgehead atoms. The molecule has 2 unspecified atom stereocenters. The highest BCUT2D eigenvalue weighted by atomic mass is 35.5. The third-order valence-electron chi connectivity index (χ3n) is 2.18. The molecule has 0 radical (unpaired) electrons. The molecule has 8 heteroatoms. The summed E-state index contributed by atoms with van der Waals surface area (Å²) in [5.41, 5.74) is 5.10. The predicted octanol–water partition coefficient (Wildman–Crippen LogP) is -2.86. The van der Waals surface area contributed by atoms with Crippen molar-refractivity contribution in [2.24, 2.45) is 5.73 Å². The number of rotatable bonds is 2. The van der Waals surface area contributed by atoms with Crippen LogP contribution in [0.15, 0.2) is 0 Å². The molecule has 1 fully saturated rings. The van der Waals surface area contributed by atoms with E-state index in [2.05, 4.69) is 0 Å². The Labute approximate surface area is 92.8 Å². The van der Waals surface area contributed by atoms with E-state index in [9.17, 15) is 15.3 Å². The Morgan fingerprint density at radius 2 is 1.73 bits per heavy atom. The van der Waals surface area contributed by atoms with Crippen LogP contribution < -0.4 is 5.73 Å². The minimum atomic E-state index is -1.46. The van der Waals surface area contributed by atoms with Gasteiger partial charge in [-0.05, 0) is 0 Å². The van der Waals surface area contributed by atoms with Crippen molar-refractivity contribution in [3.8, 4) is 0 Å². The molecule has 1 aliphatic rings.